The van der Waals surface area contributed by atoms with E-state index in [1.807, 2.05) is 97.1 Å². The first-order valence-electron chi connectivity index (χ1n) is 23.4. The van der Waals surface area contributed by atoms with Crippen LogP contribution in [0.5, 0.6) is 0 Å². The average molecular weight is 875 g/mol. The fourth-order valence-corrected chi connectivity index (χ4v) is 11.0. The van der Waals surface area contributed by atoms with Gasteiger partial charge in [-0.1, -0.05) is 270 Å². The SMILES string of the molecule is CC1(C)c2ccccc2C(O)(C#CC2=C(C#CC3(O)c4ccccc4C(C)(C)c4ccccc43)C(=C(c3ccccc3)c3ccccc3)C2=C(c2ccccc2)c2ccccc2)c2ccccc21. The molecule has 2 heteroatoms. The van der Waals surface area contributed by atoms with Crippen LogP contribution < -0.4 is 0 Å². The molecule has 0 unspecified atom stereocenters. The predicted octanol–water partition coefficient (Wildman–Crippen LogP) is 13.5. The summed E-state index contributed by atoms with van der Waals surface area (Å²) < 4.78 is 0. The second-order valence-electron chi connectivity index (χ2n) is 19.1. The standard InChI is InChI=1S/C66H50O2/c1-63(2)51-33-17-21-37-55(51)65(67,56-38-22-18-34-52(56)63)43-41-49-50(42-44-66(68)57-39-23-19-35-53(57)64(3,4)54-36-20-24-40-58(54)66)62(60(47-29-13-7-14-30-47)48-31-15-8-16-32-48)61(49)59(45-25-9-5-10-26-45)46-27-11-6-12-28-46/h5-40,67-68H,1-4H3. The number of benzene rings is 8. The van der Waals surface area contributed by atoms with Crippen LogP contribution in [-0.2, 0) is 22.0 Å². The zero-order chi connectivity index (χ0) is 46.7. The molecule has 3 aliphatic carbocycles. The summed E-state index contributed by atoms with van der Waals surface area (Å²) in [6.45, 7) is 8.86. The van der Waals surface area contributed by atoms with Crippen molar-refractivity contribution in [3.8, 4) is 23.7 Å². The number of fused-ring (bicyclic) bond motifs is 4. The summed E-state index contributed by atoms with van der Waals surface area (Å²) in [7, 11) is 0. The fourth-order valence-electron chi connectivity index (χ4n) is 11.0. The number of allylic oxidation sites excluding steroid dienone is 4. The van der Waals surface area contributed by atoms with Crippen molar-refractivity contribution in [1.29, 1.82) is 0 Å². The Kier molecular flexibility index (Phi) is 10.3. The third-order valence-corrected chi connectivity index (χ3v) is 14.4. The van der Waals surface area contributed by atoms with Crippen molar-refractivity contribution < 1.29 is 10.2 Å². The van der Waals surface area contributed by atoms with Gasteiger partial charge in [0.2, 0.25) is 0 Å². The third kappa shape index (κ3) is 6.68. The zero-order valence-electron chi connectivity index (χ0n) is 38.7. The first kappa shape index (κ1) is 42.6. The van der Waals surface area contributed by atoms with E-state index in [2.05, 4.69) is 173 Å². The topological polar surface area (TPSA) is 40.5 Å². The minimum absolute atomic E-state index is 0.376. The predicted molar refractivity (Wildman–Crippen MR) is 276 cm³/mol. The van der Waals surface area contributed by atoms with Gasteiger partial charge in [-0.3, -0.25) is 0 Å². The Morgan fingerprint density at radius 2 is 0.500 bits per heavy atom. The molecule has 0 bridgehead atoms. The molecule has 0 saturated carbocycles. The Balaban J connectivity index is 1.30. The summed E-state index contributed by atoms with van der Waals surface area (Å²) in [6, 6.07) is 74.5. The lowest BCUT2D eigenvalue weighted by molar-refractivity contribution is 0.136. The van der Waals surface area contributed by atoms with Crippen LogP contribution in [0.3, 0.4) is 0 Å². The number of hydrogen-bond donors (Lipinski definition) is 2. The molecule has 2 nitrogen and oxygen atoms in total. The Hall–Kier alpha value is -7.98. The van der Waals surface area contributed by atoms with E-state index < -0.39 is 11.2 Å². The molecule has 0 saturated heterocycles. The highest BCUT2D eigenvalue weighted by Gasteiger charge is 2.47. The van der Waals surface area contributed by atoms with E-state index >= 15 is 0 Å². The largest absolute Gasteiger partial charge is 0.369 e. The van der Waals surface area contributed by atoms with Gasteiger partial charge in [-0.2, -0.15) is 0 Å². The van der Waals surface area contributed by atoms with Gasteiger partial charge in [-0.15, -0.1) is 0 Å². The van der Waals surface area contributed by atoms with E-state index in [0.29, 0.717) is 11.1 Å². The zero-order valence-corrected chi connectivity index (χ0v) is 38.7. The molecule has 3 aliphatic rings. The van der Waals surface area contributed by atoms with Crippen molar-refractivity contribution >= 4 is 11.1 Å². The van der Waals surface area contributed by atoms with Crippen LogP contribution in [0.2, 0.25) is 0 Å². The average Bonchev–Trinajstić information content (AvgIpc) is 3.38. The summed E-state index contributed by atoms with van der Waals surface area (Å²) >= 11 is 0. The molecule has 0 atom stereocenters. The molecular weight excluding hydrogens is 825 g/mol. The minimum atomic E-state index is -1.66. The quantitative estimate of drug-likeness (QED) is 0.173. The minimum Gasteiger partial charge on any atom is -0.369 e. The maximum atomic E-state index is 13.4. The van der Waals surface area contributed by atoms with Gasteiger partial charge < -0.3 is 10.2 Å². The lowest BCUT2D eigenvalue weighted by Crippen LogP contribution is -2.39. The van der Waals surface area contributed by atoms with E-state index in [9.17, 15) is 10.2 Å². The van der Waals surface area contributed by atoms with Gasteiger partial charge >= 0.3 is 0 Å². The lowest BCUT2D eigenvalue weighted by Gasteiger charge is -2.42. The van der Waals surface area contributed by atoms with Crippen LogP contribution in [0.1, 0.15) is 94.5 Å². The molecule has 0 fully saturated rings. The van der Waals surface area contributed by atoms with Crippen molar-refractivity contribution in [3.63, 3.8) is 0 Å². The molecule has 8 aromatic carbocycles. The maximum absolute atomic E-state index is 13.4. The van der Waals surface area contributed by atoms with E-state index in [-0.39, 0.29) is 10.8 Å². The monoisotopic (exact) mass is 874 g/mol. The molecule has 0 amide bonds. The molecule has 8 aromatic rings. The van der Waals surface area contributed by atoms with Gasteiger partial charge in [-0.05, 0) is 55.7 Å². The van der Waals surface area contributed by atoms with Gasteiger partial charge in [0.25, 0.3) is 0 Å². The first-order valence-corrected chi connectivity index (χ1v) is 23.4. The number of rotatable bonds is 4. The summed E-state index contributed by atoms with van der Waals surface area (Å²) in [6.07, 6.45) is 0. The van der Waals surface area contributed by atoms with Gasteiger partial charge in [0.05, 0.1) is 0 Å². The second-order valence-corrected chi connectivity index (χ2v) is 19.1. The van der Waals surface area contributed by atoms with Gasteiger partial charge in [0.15, 0.2) is 11.2 Å². The fraction of sp³-hybridized carbons (Fsp3) is 0.121. The van der Waals surface area contributed by atoms with Crippen molar-refractivity contribution in [3.05, 3.63) is 307 Å². The van der Waals surface area contributed by atoms with Crippen LogP contribution in [0.25, 0.3) is 11.1 Å². The number of hydrogen-bond acceptors (Lipinski definition) is 2. The molecule has 0 aromatic heterocycles. The van der Waals surface area contributed by atoms with Crippen molar-refractivity contribution in [2.24, 2.45) is 0 Å². The van der Waals surface area contributed by atoms with Crippen molar-refractivity contribution in [2.45, 2.75) is 49.7 Å². The molecule has 0 aliphatic heterocycles. The lowest BCUT2D eigenvalue weighted by atomic mass is 9.63. The molecule has 0 spiro atoms. The van der Waals surface area contributed by atoms with Crippen LogP contribution in [0.15, 0.2) is 241 Å². The second kappa shape index (κ2) is 16.4. The third-order valence-electron chi connectivity index (χ3n) is 14.4. The Labute approximate surface area is 400 Å². The molecule has 2 N–H and O–H groups in total. The Morgan fingerprint density at radius 1 is 0.294 bits per heavy atom. The highest BCUT2D eigenvalue weighted by atomic mass is 16.3. The van der Waals surface area contributed by atoms with Gasteiger partial charge in [0.1, 0.15) is 0 Å². The van der Waals surface area contributed by atoms with Crippen LogP contribution in [0.4, 0.5) is 0 Å². The summed E-state index contributed by atoms with van der Waals surface area (Å²) in [4.78, 5) is 0. The van der Waals surface area contributed by atoms with E-state index in [1.165, 1.54) is 0 Å². The Bertz CT molecular complexity index is 3090. The van der Waals surface area contributed by atoms with Crippen LogP contribution in [0, 0.1) is 23.7 Å². The highest BCUT2D eigenvalue weighted by Crippen LogP contribution is 2.54. The van der Waals surface area contributed by atoms with Crippen LogP contribution >= 0.6 is 0 Å². The van der Waals surface area contributed by atoms with E-state index in [4.69, 9.17) is 0 Å². The summed E-state index contributed by atoms with van der Waals surface area (Å²) in [5.41, 5.74) is 12.3. The smallest absolute Gasteiger partial charge is 0.177 e. The molecule has 68 heavy (non-hydrogen) atoms. The molecular formula is C66H50O2. The normalized spacial score (nSPS) is 16.2. The molecule has 0 radical (unpaired) electrons. The molecule has 11 rings (SSSR count). The Morgan fingerprint density at radius 3 is 0.735 bits per heavy atom. The summed E-state index contributed by atoms with van der Waals surface area (Å²) in [5, 5.41) is 26.8. The highest BCUT2D eigenvalue weighted by molar-refractivity contribution is 6.04. The molecule has 326 valence electrons. The van der Waals surface area contributed by atoms with Gasteiger partial charge in [-0.25, -0.2) is 0 Å². The first-order chi connectivity index (χ1) is 33.0. The van der Waals surface area contributed by atoms with Crippen molar-refractivity contribution in [1.82, 2.24) is 0 Å². The maximum Gasteiger partial charge on any atom is 0.177 e. The van der Waals surface area contributed by atoms with E-state index in [1.54, 1.807) is 0 Å². The van der Waals surface area contributed by atoms with Gasteiger partial charge in [0, 0.05) is 55.4 Å². The van der Waals surface area contributed by atoms with Crippen molar-refractivity contribution in [2.75, 3.05) is 0 Å². The summed E-state index contributed by atoms with van der Waals surface area (Å²) in [5.74, 6) is 14.5. The van der Waals surface area contributed by atoms with E-state index in [0.717, 1.165) is 89.1 Å². The number of aliphatic hydroxyl groups is 2. The molecule has 0 heterocycles. The van der Waals surface area contributed by atoms with Crippen LogP contribution in [-0.4, -0.2) is 10.2 Å².